The molecule has 25 heavy (non-hydrogen) atoms. The van der Waals surface area contributed by atoms with E-state index in [0.717, 1.165) is 18.7 Å². The van der Waals surface area contributed by atoms with Crippen molar-refractivity contribution < 1.29 is 13.9 Å². The highest BCUT2D eigenvalue weighted by molar-refractivity contribution is 9.10. The van der Waals surface area contributed by atoms with E-state index in [0.29, 0.717) is 24.2 Å². The average molecular weight is 407 g/mol. The molecule has 1 N–H and O–H groups in total. The molecule has 4 nitrogen and oxygen atoms in total. The molecule has 6 heteroatoms. The lowest BCUT2D eigenvalue weighted by atomic mass is 10.1. The summed E-state index contributed by atoms with van der Waals surface area (Å²) >= 11 is 3.21. The van der Waals surface area contributed by atoms with E-state index in [1.54, 1.807) is 6.07 Å². The van der Waals surface area contributed by atoms with E-state index in [1.165, 1.54) is 12.1 Å². The number of nitrogens with zero attached hydrogens (tertiary/aromatic N) is 1. The van der Waals surface area contributed by atoms with E-state index < -0.39 is 11.7 Å². The first kappa shape index (κ1) is 18.0. The first-order valence-corrected chi connectivity index (χ1v) is 9.04. The lowest BCUT2D eigenvalue weighted by Gasteiger charge is -2.31. The summed E-state index contributed by atoms with van der Waals surface area (Å²) in [6.45, 7) is 3.70. The van der Waals surface area contributed by atoms with E-state index in [9.17, 15) is 9.18 Å². The topological polar surface area (TPSA) is 41.6 Å². The van der Waals surface area contributed by atoms with Gasteiger partial charge in [0, 0.05) is 24.1 Å². The van der Waals surface area contributed by atoms with Crippen LogP contribution in [0.25, 0.3) is 0 Å². The van der Waals surface area contributed by atoms with Crippen molar-refractivity contribution in [1.82, 2.24) is 10.2 Å². The summed E-state index contributed by atoms with van der Waals surface area (Å²) in [7, 11) is 0. The molecule has 1 aliphatic heterocycles. The molecule has 0 spiro atoms. The highest BCUT2D eigenvalue weighted by Gasteiger charge is 2.22. The van der Waals surface area contributed by atoms with Crippen LogP contribution in [0.15, 0.2) is 53.0 Å². The van der Waals surface area contributed by atoms with Crippen molar-refractivity contribution in [1.29, 1.82) is 0 Å². The maximum atomic E-state index is 14.1. The lowest BCUT2D eigenvalue weighted by molar-refractivity contribution is 0.0332. The van der Waals surface area contributed by atoms with Gasteiger partial charge >= 0.3 is 0 Å². The zero-order chi connectivity index (χ0) is 17.6. The minimum atomic E-state index is -0.537. The predicted molar refractivity (Wildman–Crippen MR) is 98.0 cm³/mol. The van der Waals surface area contributed by atoms with E-state index >= 15 is 0 Å². The fourth-order valence-electron chi connectivity index (χ4n) is 2.87. The lowest BCUT2D eigenvalue weighted by Crippen LogP contribution is -2.43. The minimum Gasteiger partial charge on any atom is -0.379 e. The van der Waals surface area contributed by atoms with Gasteiger partial charge in [-0.3, -0.25) is 9.69 Å². The molecule has 1 saturated heterocycles. The Morgan fingerprint density at radius 1 is 1.20 bits per heavy atom. The van der Waals surface area contributed by atoms with E-state index in [4.69, 9.17) is 4.74 Å². The molecule has 1 heterocycles. The van der Waals surface area contributed by atoms with Crippen LogP contribution in [0.5, 0.6) is 0 Å². The quantitative estimate of drug-likeness (QED) is 0.827. The summed E-state index contributed by atoms with van der Waals surface area (Å²) in [5.74, 6) is -0.947. The zero-order valence-electron chi connectivity index (χ0n) is 13.8. The Labute approximate surface area is 155 Å². The molecule has 2 aromatic rings. The third-order valence-corrected chi connectivity index (χ3v) is 4.72. The second kappa shape index (κ2) is 8.56. The van der Waals surface area contributed by atoms with E-state index in [-0.39, 0.29) is 11.6 Å². The van der Waals surface area contributed by atoms with Crippen LogP contribution in [0.4, 0.5) is 4.39 Å². The van der Waals surface area contributed by atoms with Crippen molar-refractivity contribution in [2.24, 2.45) is 0 Å². The smallest absolute Gasteiger partial charge is 0.254 e. The summed E-state index contributed by atoms with van der Waals surface area (Å²) in [6, 6.07) is 14.0. The monoisotopic (exact) mass is 406 g/mol. The molecule has 1 aliphatic rings. The number of halogens is 2. The highest BCUT2D eigenvalue weighted by atomic mass is 79.9. The van der Waals surface area contributed by atoms with Crippen molar-refractivity contribution >= 4 is 21.8 Å². The van der Waals surface area contributed by atoms with Crippen molar-refractivity contribution in [2.75, 3.05) is 32.8 Å². The van der Waals surface area contributed by atoms with Crippen LogP contribution in [0.1, 0.15) is 22.0 Å². The molecule has 0 radical (unpaired) electrons. The van der Waals surface area contributed by atoms with Gasteiger partial charge < -0.3 is 10.1 Å². The maximum absolute atomic E-state index is 14.1. The van der Waals surface area contributed by atoms with Crippen LogP contribution in [-0.4, -0.2) is 43.7 Å². The van der Waals surface area contributed by atoms with Gasteiger partial charge in [-0.05, 0) is 23.8 Å². The third-order valence-electron chi connectivity index (χ3n) is 4.23. The SMILES string of the molecule is O=C(NC(CN1CCOCC1)c1ccccc1)c1ccc(Br)cc1F. The Balaban J connectivity index is 1.77. The van der Waals surface area contributed by atoms with Gasteiger partial charge in [0.25, 0.3) is 5.91 Å². The van der Waals surface area contributed by atoms with Crippen LogP contribution >= 0.6 is 15.9 Å². The maximum Gasteiger partial charge on any atom is 0.254 e. The molecular weight excluding hydrogens is 387 g/mol. The molecule has 1 atom stereocenters. The van der Waals surface area contributed by atoms with Crippen LogP contribution in [0, 0.1) is 5.82 Å². The molecule has 0 aromatic heterocycles. The van der Waals surface area contributed by atoms with Gasteiger partial charge in [-0.2, -0.15) is 0 Å². The molecule has 1 amide bonds. The summed E-state index contributed by atoms with van der Waals surface area (Å²) in [5, 5.41) is 2.98. The molecular formula is C19H20BrFN2O2. The van der Waals surface area contributed by atoms with Crippen molar-refractivity contribution in [2.45, 2.75) is 6.04 Å². The van der Waals surface area contributed by atoms with Gasteiger partial charge in [-0.1, -0.05) is 46.3 Å². The van der Waals surface area contributed by atoms with Crippen molar-refractivity contribution in [3.05, 3.63) is 69.9 Å². The largest absolute Gasteiger partial charge is 0.379 e. The average Bonchev–Trinajstić information content (AvgIpc) is 2.62. The standard InChI is InChI=1S/C19H20BrFN2O2/c20-15-6-7-16(17(21)12-15)19(24)22-18(14-4-2-1-3-5-14)13-23-8-10-25-11-9-23/h1-7,12,18H,8-11,13H2,(H,22,24). The van der Waals surface area contributed by atoms with Crippen molar-refractivity contribution in [3.63, 3.8) is 0 Å². The Morgan fingerprint density at radius 3 is 2.60 bits per heavy atom. The zero-order valence-corrected chi connectivity index (χ0v) is 15.3. The number of benzene rings is 2. The Morgan fingerprint density at radius 2 is 1.92 bits per heavy atom. The Kier molecular flexibility index (Phi) is 6.18. The number of morpholine rings is 1. The second-order valence-electron chi connectivity index (χ2n) is 5.97. The Hall–Kier alpha value is -1.76. The first-order chi connectivity index (χ1) is 12.1. The van der Waals surface area contributed by atoms with Gasteiger partial charge in [0.1, 0.15) is 5.82 Å². The molecule has 1 unspecified atom stereocenters. The normalized spacial score (nSPS) is 16.4. The predicted octanol–water partition coefficient (Wildman–Crippen LogP) is 3.39. The molecule has 3 rings (SSSR count). The van der Waals surface area contributed by atoms with Crippen LogP contribution in [0.3, 0.4) is 0 Å². The summed E-state index contributed by atoms with van der Waals surface area (Å²) in [6.07, 6.45) is 0. The van der Waals surface area contributed by atoms with Gasteiger partial charge in [0.15, 0.2) is 0 Å². The fourth-order valence-corrected chi connectivity index (χ4v) is 3.20. The summed E-state index contributed by atoms with van der Waals surface area (Å²) < 4.78 is 20.1. The molecule has 0 saturated carbocycles. The number of ether oxygens (including phenoxy) is 1. The van der Waals surface area contributed by atoms with Crippen molar-refractivity contribution in [3.8, 4) is 0 Å². The van der Waals surface area contributed by atoms with E-state index in [1.807, 2.05) is 30.3 Å². The summed E-state index contributed by atoms with van der Waals surface area (Å²) in [5.41, 5.74) is 1.05. The van der Waals surface area contributed by atoms with Gasteiger partial charge in [0.2, 0.25) is 0 Å². The molecule has 0 aliphatic carbocycles. The minimum absolute atomic E-state index is 0.0473. The van der Waals surface area contributed by atoms with Gasteiger partial charge in [-0.15, -0.1) is 0 Å². The van der Waals surface area contributed by atoms with Crippen LogP contribution in [0.2, 0.25) is 0 Å². The molecule has 2 aromatic carbocycles. The Bertz CT molecular complexity index is 721. The third kappa shape index (κ3) is 4.87. The number of hydrogen-bond acceptors (Lipinski definition) is 3. The number of hydrogen-bond donors (Lipinski definition) is 1. The van der Waals surface area contributed by atoms with Crippen LogP contribution < -0.4 is 5.32 Å². The molecule has 132 valence electrons. The second-order valence-corrected chi connectivity index (χ2v) is 6.89. The van der Waals surface area contributed by atoms with Crippen LogP contribution in [-0.2, 0) is 4.74 Å². The number of carbonyl (C=O) groups is 1. The van der Waals surface area contributed by atoms with Gasteiger partial charge in [0.05, 0.1) is 24.8 Å². The molecule has 0 bridgehead atoms. The fraction of sp³-hybridized carbons (Fsp3) is 0.316. The van der Waals surface area contributed by atoms with E-state index in [2.05, 4.69) is 26.1 Å². The number of carbonyl (C=O) groups excluding carboxylic acids is 1. The van der Waals surface area contributed by atoms with Gasteiger partial charge in [-0.25, -0.2) is 4.39 Å². The number of amides is 1. The summed E-state index contributed by atoms with van der Waals surface area (Å²) in [4.78, 5) is 14.8. The number of nitrogens with one attached hydrogen (secondary N) is 1. The first-order valence-electron chi connectivity index (χ1n) is 8.24. The highest BCUT2D eigenvalue weighted by Crippen LogP contribution is 2.19. The molecule has 1 fully saturated rings. The number of rotatable bonds is 5.